The van der Waals surface area contributed by atoms with Crippen LogP contribution in [0, 0.1) is 0 Å². The summed E-state index contributed by atoms with van der Waals surface area (Å²) >= 11 is 0. The standard InChI is InChI=1S/C15H22N2O3/c1-16(11-15(19)17-7-3-4-8-17)10-12-5-6-13(18)14(9-12)20-2/h5-6,9,18H,3-4,7-8,10-11H2,1-2H3. The highest BCUT2D eigenvalue weighted by atomic mass is 16.5. The van der Waals surface area contributed by atoms with E-state index in [0.717, 1.165) is 31.5 Å². The van der Waals surface area contributed by atoms with Crippen LogP contribution in [-0.2, 0) is 11.3 Å². The Morgan fingerprint density at radius 1 is 1.40 bits per heavy atom. The van der Waals surface area contributed by atoms with E-state index < -0.39 is 0 Å². The van der Waals surface area contributed by atoms with Gasteiger partial charge in [-0.05, 0) is 37.6 Å². The van der Waals surface area contributed by atoms with Gasteiger partial charge in [0.25, 0.3) is 0 Å². The highest BCUT2D eigenvalue weighted by Crippen LogP contribution is 2.26. The number of ether oxygens (including phenoxy) is 1. The van der Waals surface area contributed by atoms with Crippen LogP contribution in [0.4, 0.5) is 0 Å². The number of phenols is 1. The van der Waals surface area contributed by atoms with Gasteiger partial charge in [0, 0.05) is 19.6 Å². The Kier molecular flexibility index (Phi) is 4.84. The number of hydrogen-bond acceptors (Lipinski definition) is 4. The van der Waals surface area contributed by atoms with Gasteiger partial charge < -0.3 is 14.7 Å². The molecule has 1 fully saturated rings. The van der Waals surface area contributed by atoms with Gasteiger partial charge in [-0.3, -0.25) is 9.69 Å². The zero-order valence-electron chi connectivity index (χ0n) is 12.1. The molecule has 0 unspecified atom stereocenters. The fourth-order valence-electron chi connectivity index (χ4n) is 2.49. The molecular formula is C15H22N2O3. The Labute approximate surface area is 119 Å². The van der Waals surface area contributed by atoms with Crippen molar-refractivity contribution in [2.24, 2.45) is 0 Å². The topological polar surface area (TPSA) is 53.0 Å². The maximum atomic E-state index is 12.0. The van der Waals surface area contributed by atoms with Gasteiger partial charge in [-0.1, -0.05) is 6.07 Å². The van der Waals surface area contributed by atoms with Crippen molar-refractivity contribution in [3.8, 4) is 11.5 Å². The minimum Gasteiger partial charge on any atom is -0.504 e. The third-order valence-corrected chi connectivity index (χ3v) is 3.56. The van der Waals surface area contributed by atoms with Crippen molar-refractivity contribution in [3.63, 3.8) is 0 Å². The van der Waals surface area contributed by atoms with Gasteiger partial charge >= 0.3 is 0 Å². The van der Waals surface area contributed by atoms with Gasteiger partial charge in [0.1, 0.15) is 0 Å². The Hall–Kier alpha value is -1.75. The number of methoxy groups -OCH3 is 1. The molecule has 1 heterocycles. The molecule has 20 heavy (non-hydrogen) atoms. The number of likely N-dealkylation sites (tertiary alicyclic amines) is 1. The number of amides is 1. The van der Waals surface area contributed by atoms with E-state index in [9.17, 15) is 9.90 Å². The molecule has 5 nitrogen and oxygen atoms in total. The summed E-state index contributed by atoms with van der Waals surface area (Å²) in [5, 5.41) is 9.56. The van der Waals surface area contributed by atoms with Gasteiger partial charge in [0.05, 0.1) is 13.7 Å². The van der Waals surface area contributed by atoms with Crippen LogP contribution in [0.1, 0.15) is 18.4 Å². The second-order valence-corrected chi connectivity index (χ2v) is 5.27. The predicted octanol–water partition coefficient (Wildman–Crippen LogP) is 1.45. The van der Waals surface area contributed by atoms with E-state index in [-0.39, 0.29) is 11.7 Å². The van der Waals surface area contributed by atoms with Crippen molar-refractivity contribution in [3.05, 3.63) is 23.8 Å². The molecule has 0 aliphatic carbocycles. The van der Waals surface area contributed by atoms with Crippen LogP contribution >= 0.6 is 0 Å². The summed E-state index contributed by atoms with van der Waals surface area (Å²) in [7, 11) is 3.45. The normalized spacial score (nSPS) is 14.8. The number of hydrogen-bond donors (Lipinski definition) is 1. The second-order valence-electron chi connectivity index (χ2n) is 5.27. The lowest BCUT2D eigenvalue weighted by Gasteiger charge is -2.21. The maximum absolute atomic E-state index is 12.0. The lowest BCUT2D eigenvalue weighted by molar-refractivity contribution is -0.131. The SMILES string of the molecule is COc1cc(CN(C)CC(=O)N2CCCC2)ccc1O. The molecule has 0 saturated carbocycles. The summed E-state index contributed by atoms with van der Waals surface area (Å²) in [4.78, 5) is 15.9. The highest BCUT2D eigenvalue weighted by Gasteiger charge is 2.19. The molecule has 1 aliphatic heterocycles. The van der Waals surface area contributed by atoms with Crippen molar-refractivity contribution < 1.29 is 14.6 Å². The third-order valence-electron chi connectivity index (χ3n) is 3.56. The van der Waals surface area contributed by atoms with E-state index in [0.29, 0.717) is 18.8 Å². The lowest BCUT2D eigenvalue weighted by atomic mass is 10.2. The van der Waals surface area contributed by atoms with Crippen molar-refractivity contribution in [2.45, 2.75) is 19.4 Å². The van der Waals surface area contributed by atoms with Crippen molar-refractivity contribution in [1.82, 2.24) is 9.80 Å². The molecule has 1 saturated heterocycles. The molecule has 5 heteroatoms. The number of phenolic OH excluding ortho intramolecular Hbond substituents is 1. The van der Waals surface area contributed by atoms with Crippen molar-refractivity contribution >= 4 is 5.91 Å². The van der Waals surface area contributed by atoms with Crippen LogP contribution in [0.2, 0.25) is 0 Å². The first kappa shape index (κ1) is 14.7. The number of carbonyl (C=O) groups is 1. The number of rotatable bonds is 5. The summed E-state index contributed by atoms with van der Waals surface area (Å²) in [5.41, 5.74) is 1.01. The third kappa shape index (κ3) is 3.63. The average Bonchev–Trinajstić information content (AvgIpc) is 2.95. The van der Waals surface area contributed by atoms with Crippen LogP contribution in [0.25, 0.3) is 0 Å². The number of benzene rings is 1. The van der Waals surface area contributed by atoms with E-state index in [1.807, 2.05) is 22.9 Å². The second kappa shape index (κ2) is 6.61. The highest BCUT2D eigenvalue weighted by molar-refractivity contribution is 5.78. The molecule has 1 aromatic rings. The predicted molar refractivity (Wildman–Crippen MR) is 76.8 cm³/mol. The number of aromatic hydroxyl groups is 1. The zero-order chi connectivity index (χ0) is 14.5. The maximum Gasteiger partial charge on any atom is 0.236 e. The van der Waals surface area contributed by atoms with E-state index in [4.69, 9.17) is 4.74 Å². The van der Waals surface area contributed by atoms with Crippen molar-refractivity contribution in [1.29, 1.82) is 0 Å². The van der Waals surface area contributed by atoms with Crippen molar-refractivity contribution in [2.75, 3.05) is 33.8 Å². The Morgan fingerprint density at radius 2 is 2.10 bits per heavy atom. The summed E-state index contributed by atoms with van der Waals surface area (Å²) in [5.74, 6) is 0.782. The van der Waals surface area contributed by atoms with Crippen LogP contribution in [0.3, 0.4) is 0 Å². The summed E-state index contributed by atoms with van der Waals surface area (Å²) in [6.45, 7) is 2.85. The molecule has 1 aliphatic rings. The Balaban J connectivity index is 1.90. The van der Waals surface area contributed by atoms with Gasteiger partial charge in [0.2, 0.25) is 5.91 Å². The summed E-state index contributed by atoms with van der Waals surface area (Å²) in [6, 6.07) is 5.26. The van der Waals surface area contributed by atoms with Gasteiger partial charge in [0.15, 0.2) is 11.5 Å². The minimum absolute atomic E-state index is 0.132. The first-order chi connectivity index (χ1) is 9.60. The molecular weight excluding hydrogens is 256 g/mol. The lowest BCUT2D eigenvalue weighted by Crippen LogP contribution is -2.36. The molecule has 1 N–H and O–H groups in total. The van der Waals surface area contributed by atoms with E-state index in [1.165, 1.54) is 7.11 Å². The van der Waals surface area contributed by atoms with Crippen LogP contribution in [0.15, 0.2) is 18.2 Å². The number of nitrogens with zero attached hydrogens (tertiary/aromatic N) is 2. The zero-order valence-corrected chi connectivity index (χ0v) is 12.1. The largest absolute Gasteiger partial charge is 0.504 e. The van der Waals surface area contributed by atoms with Gasteiger partial charge in [-0.2, -0.15) is 0 Å². The number of carbonyl (C=O) groups excluding carboxylic acids is 1. The smallest absolute Gasteiger partial charge is 0.236 e. The van der Waals surface area contributed by atoms with Gasteiger partial charge in [-0.25, -0.2) is 0 Å². The molecule has 0 radical (unpaired) electrons. The monoisotopic (exact) mass is 278 g/mol. The molecule has 0 spiro atoms. The number of likely N-dealkylation sites (N-methyl/N-ethyl adjacent to an activating group) is 1. The van der Waals surface area contributed by atoms with Crippen LogP contribution < -0.4 is 4.74 Å². The average molecular weight is 278 g/mol. The van der Waals surface area contributed by atoms with Crippen LogP contribution in [-0.4, -0.2) is 54.6 Å². The summed E-state index contributed by atoms with van der Waals surface area (Å²) in [6.07, 6.45) is 2.23. The quantitative estimate of drug-likeness (QED) is 0.886. The fourth-order valence-corrected chi connectivity index (χ4v) is 2.49. The summed E-state index contributed by atoms with van der Waals surface area (Å²) < 4.78 is 5.09. The van der Waals surface area contributed by atoms with Gasteiger partial charge in [-0.15, -0.1) is 0 Å². The first-order valence-electron chi connectivity index (χ1n) is 6.92. The molecule has 2 rings (SSSR count). The molecule has 0 atom stereocenters. The Bertz CT molecular complexity index is 470. The molecule has 0 aromatic heterocycles. The van der Waals surface area contributed by atoms with Crippen LogP contribution in [0.5, 0.6) is 11.5 Å². The van der Waals surface area contributed by atoms with E-state index in [1.54, 1.807) is 12.1 Å². The molecule has 1 amide bonds. The Morgan fingerprint density at radius 3 is 2.75 bits per heavy atom. The van der Waals surface area contributed by atoms with E-state index >= 15 is 0 Å². The molecule has 110 valence electrons. The molecule has 1 aromatic carbocycles. The fraction of sp³-hybridized carbons (Fsp3) is 0.533. The van der Waals surface area contributed by atoms with E-state index in [2.05, 4.69) is 0 Å². The minimum atomic E-state index is 0.132. The molecule has 0 bridgehead atoms. The first-order valence-corrected chi connectivity index (χ1v) is 6.92.